The topological polar surface area (TPSA) is 39.2 Å². The maximum absolute atomic E-state index is 6.04. The van der Waals surface area contributed by atoms with Gasteiger partial charge in [0, 0.05) is 11.5 Å². The van der Waals surface area contributed by atoms with Gasteiger partial charge in [-0.25, -0.2) is 0 Å². The minimum Gasteiger partial charge on any atom is -0.454 e. The summed E-state index contributed by atoms with van der Waals surface area (Å²) in [6.45, 7) is 2.19. The van der Waals surface area contributed by atoms with Gasteiger partial charge in [-0.1, -0.05) is 6.92 Å². The van der Waals surface area contributed by atoms with Crippen LogP contribution in [0.15, 0.2) is 21.2 Å². The fraction of sp³-hybridized carbons (Fsp3) is 0.636. The number of rotatable bonds is 4. The minimum atomic E-state index is 0.165. The van der Waals surface area contributed by atoms with E-state index in [4.69, 9.17) is 10.2 Å². The van der Waals surface area contributed by atoms with Gasteiger partial charge in [-0.15, -0.1) is 0 Å². The molecule has 78 valence electrons. The third kappa shape index (κ3) is 2.39. The molecule has 1 aliphatic rings. The molecule has 2 rings (SSSR count). The molecule has 1 unspecified atom stereocenters. The van der Waals surface area contributed by atoms with Gasteiger partial charge >= 0.3 is 0 Å². The summed E-state index contributed by atoms with van der Waals surface area (Å²) in [6.07, 6.45) is 4.63. The third-order valence-corrected chi connectivity index (χ3v) is 3.47. The molecule has 1 atom stereocenters. The number of nitrogens with two attached hydrogens (primary N) is 1. The molecule has 1 aromatic rings. The van der Waals surface area contributed by atoms with Crippen LogP contribution in [0, 0.1) is 0 Å². The Bertz CT molecular complexity index is 317. The zero-order valence-electron chi connectivity index (χ0n) is 8.42. The second-order valence-corrected chi connectivity index (χ2v) is 5.23. The molecule has 1 saturated carbocycles. The van der Waals surface area contributed by atoms with Crippen LogP contribution in [0.3, 0.4) is 0 Å². The molecule has 0 spiro atoms. The van der Waals surface area contributed by atoms with Gasteiger partial charge < -0.3 is 10.2 Å². The highest BCUT2D eigenvalue weighted by atomic mass is 79.9. The summed E-state index contributed by atoms with van der Waals surface area (Å²) in [5.41, 5.74) is 6.20. The molecule has 0 amide bonds. The Hall–Kier alpha value is -0.280. The molecule has 0 radical (unpaired) electrons. The van der Waals surface area contributed by atoms with Crippen molar-refractivity contribution in [1.82, 2.24) is 0 Å². The SMILES string of the molecule is CC(CCC1(N)CC1)c1ccc(Br)o1. The van der Waals surface area contributed by atoms with Crippen LogP contribution in [-0.2, 0) is 0 Å². The smallest absolute Gasteiger partial charge is 0.169 e. The van der Waals surface area contributed by atoms with E-state index in [-0.39, 0.29) is 5.54 Å². The first-order valence-corrected chi connectivity index (χ1v) is 5.92. The van der Waals surface area contributed by atoms with Gasteiger partial charge in [0.1, 0.15) is 5.76 Å². The molecule has 0 bridgehead atoms. The first-order chi connectivity index (χ1) is 6.59. The van der Waals surface area contributed by atoms with Gasteiger partial charge in [0.25, 0.3) is 0 Å². The van der Waals surface area contributed by atoms with Crippen LogP contribution in [0.5, 0.6) is 0 Å². The number of hydrogen-bond donors (Lipinski definition) is 1. The van der Waals surface area contributed by atoms with Gasteiger partial charge in [0.05, 0.1) is 0 Å². The Morgan fingerprint density at radius 3 is 2.79 bits per heavy atom. The van der Waals surface area contributed by atoms with Gasteiger partial charge in [-0.05, 0) is 53.7 Å². The van der Waals surface area contributed by atoms with Crippen LogP contribution in [0.1, 0.15) is 44.3 Å². The number of hydrogen-bond acceptors (Lipinski definition) is 2. The normalized spacial score (nSPS) is 20.8. The monoisotopic (exact) mass is 257 g/mol. The molecule has 2 nitrogen and oxygen atoms in total. The summed E-state index contributed by atoms with van der Waals surface area (Å²) in [4.78, 5) is 0. The van der Waals surface area contributed by atoms with Crippen molar-refractivity contribution in [2.24, 2.45) is 5.73 Å². The van der Waals surface area contributed by atoms with Crippen molar-refractivity contribution in [3.05, 3.63) is 22.6 Å². The molecule has 0 aromatic carbocycles. The first-order valence-electron chi connectivity index (χ1n) is 5.13. The van der Waals surface area contributed by atoms with E-state index in [2.05, 4.69) is 22.9 Å². The predicted octanol–water partition coefficient (Wildman–Crippen LogP) is 3.42. The van der Waals surface area contributed by atoms with Crippen molar-refractivity contribution in [3.63, 3.8) is 0 Å². The molecule has 2 N–H and O–H groups in total. The van der Waals surface area contributed by atoms with E-state index in [1.165, 1.54) is 12.8 Å². The standard InChI is InChI=1S/C11H16BrNO/c1-8(4-5-11(13)6-7-11)9-2-3-10(12)14-9/h2-3,8H,4-7,13H2,1H3. The highest BCUT2D eigenvalue weighted by Gasteiger charge is 2.37. The van der Waals surface area contributed by atoms with Crippen LogP contribution in [0.4, 0.5) is 0 Å². The van der Waals surface area contributed by atoms with Crippen LogP contribution < -0.4 is 5.73 Å². The number of furan rings is 1. The van der Waals surface area contributed by atoms with Gasteiger partial charge in [-0.2, -0.15) is 0 Å². The molecule has 1 heterocycles. The van der Waals surface area contributed by atoms with Crippen LogP contribution >= 0.6 is 15.9 Å². The molecule has 14 heavy (non-hydrogen) atoms. The average molecular weight is 258 g/mol. The Kier molecular flexibility index (Phi) is 2.71. The van der Waals surface area contributed by atoms with Gasteiger partial charge in [0.2, 0.25) is 0 Å². The second-order valence-electron chi connectivity index (χ2n) is 4.44. The van der Waals surface area contributed by atoms with E-state index in [1.807, 2.05) is 12.1 Å². The molecule has 3 heteroatoms. The lowest BCUT2D eigenvalue weighted by Crippen LogP contribution is -2.21. The zero-order valence-corrected chi connectivity index (χ0v) is 10.0. The molecule has 1 fully saturated rings. The van der Waals surface area contributed by atoms with E-state index in [9.17, 15) is 0 Å². The molecule has 0 saturated heterocycles. The minimum absolute atomic E-state index is 0.165. The Morgan fingerprint density at radius 2 is 2.29 bits per heavy atom. The van der Waals surface area contributed by atoms with Crippen LogP contribution in [-0.4, -0.2) is 5.54 Å². The zero-order chi connectivity index (χ0) is 10.2. The summed E-state index contributed by atoms with van der Waals surface area (Å²) in [5.74, 6) is 1.53. The molecule has 1 aliphatic carbocycles. The van der Waals surface area contributed by atoms with Gasteiger partial charge in [0.15, 0.2) is 4.67 Å². The molecule has 0 aliphatic heterocycles. The fourth-order valence-corrected chi connectivity index (χ4v) is 1.97. The lowest BCUT2D eigenvalue weighted by molar-refractivity contribution is 0.426. The van der Waals surface area contributed by atoms with E-state index < -0.39 is 0 Å². The number of halogens is 1. The lowest BCUT2D eigenvalue weighted by Gasteiger charge is -2.12. The maximum Gasteiger partial charge on any atom is 0.169 e. The van der Waals surface area contributed by atoms with E-state index in [0.29, 0.717) is 5.92 Å². The van der Waals surface area contributed by atoms with Crippen molar-refractivity contribution in [1.29, 1.82) is 0 Å². The highest BCUT2D eigenvalue weighted by Crippen LogP contribution is 2.39. The highest BCUT2D eigenvalue weighted by molar-refractivity contribution is 9.10. The summed E-state index contributed by atoms with van der Waals surface area (Å²) in [5, 5.41) is 0. The van der Waals surface area contributed by atoms with Crippen molar-refractivity contribution < 1.29 is 4.42 Å². The van der Waals surface area contributed by atoms with E-state index in [1.54, 1.807) is 0 Å². The predicted molar refractivity (Wildman–Crippen MR) is 60.2 cm³/mol. The quantitative estimate of drug-likeness (QED) is 0.898. The van der Waals surface area contributed by atoms with Crippen LogP contribution in [0.2, 0.25) is 0 Å². The third-order valence-electron chi connectivity index (χ3n) is 3.05. The van der Waals surface area contributed by atoms with Crippen molar-refractivity contribution >= 4 is 15.9 Å². The van der Waals surface area contributed by atoms with Crippen molar-refractivity contribution in [2.75, 3.05) is 0 Å². The molecular weight excluding hydrogens is 242 g/mol. The maximum atomic E-state index is 6.04. The second kappa shape index (κ2) is 3.70. The van der Waals surface area contributed by atoms with E-state index >= 15 is 0 Å². The average Bonchev–Trinajstić information content (AvgIpc) is 2.71. The first kappa shape index (κ1) is 10.2. The molecular formula is C11H16BrNO. The Morgan fingerprint density at radius 1 is 1.57 bits per heavy atom. The Balaban J connectivity index is 1.86. The summed E-state index contributed by atoms with van der Waals surface area (Å²) in [7, 11) is 0. The summed E-state index contributed by atoms with van der Waals surface area (Å²) < 4.78 is 6.32. The van der Waals surface area contributed by atoms with E-state index in [0.717, 1.165) is 23.3 Å². The Labute approximate surface area is 93.0 Å². The van der Waals surface area contributed by atoms with Crippen molar-refractivity contribution in [2.45, 2.75) is 44.1 Å². The van der Waals surface area contributed by atoms with Gasteiger partial charge in [-0.3, -0.25) is 0 Å². The van der Waals surface area contributed by atoms with Crippen LogP contribution in [0.25, 0.3) is 0 Å². The summed E-state index contributed by atoms with van der Waals surface area (Å²) >= 11 is 3.31. The lowest BCUT2D eigenvalue weighted by atomic mass is 9.99. The molecule has 1 aromatic heterocycles. The fourth-order valence-electron chi connectivity index (χ4n) is 1.65. The largest absolute Gasteiger partial charge is 0.454 e. The van der Waals surface area contributed by atoms with Crippen molar-refractivity contribution in [3.8, 4) is 0 Å². The summed E-state index contributed by atoms with van der Waals surface area (Å²) in [6, 6.07) is 3.98.